The largest absolute Gasteiger partial charge is 1.00 e. The first kappa shape index (κ1) is 22.0. The first-order chi connectivity index (χ1) is 12.4. The molecule has 5 aliphatic carbocycles. The molecule has 3 saturated carbocycles. The molecule has 0 aromatic heterocycles. The molecule has 3 heteroatoms. The average Bonchev–Trinajstić information content (AvgIpc) is 3.31. The number of allylic oxidation sites excluding steroid dienone is 8. The average molecular weight is 483 g/mol. The van der Waals surface area contributed by atoms with Crippen molar-refractivity contribution in [3.8, 4) is 0 Å². The SMILES string of the molecule is C1=CC[C]([Zr+2](=[C]2CCCCC2)[CH]2C3C=CC=CC3C3CCCCC32)=C1.[Cl-].[Cl-]. The van der Waals surface area contributed by atoms with Gasteiger partial charge in [0, 0.05) is 0 Å². The van der Waals surface area contributed by atoms with Gasteiger partial charge in [-0.3, -0.25) is 0 Å². The zero-order valence-electron chi connectivity index (χ0n) is 16.3. The predicted octanol–water partition coefficient (Wildman–Crippen LogP) is 0.560. The van der Waals surface area contributed by atoms with Crippen LogP contribution in [0.15, 0.2) is 45.8 Å². The summed E-state index contributed by atoms with van der Waals surface area (Å²) in [6.07, 6.45) is 32.2. The van der Waals surface area contributed by atoms with Gasteiger partial charge in [0.15, 0.2) is 0 Å². The minimum atomic E-state index is -1.71. The molecule has 0 aromatic carbocycles. The van der Waals surface area contributed by atoms with Gasteiger partial charge in [-0.1, -0.05) is 0 Å². The van der Waals surface area contributed by atoms with E-state index < -0.39 is 21.3 Å². The van der Waals surface area contributed by atoms with Crippen LogP contribution in [0.2, 0.25) is 3.63 Å². The summed E-state index contributed by atoms with van der Waals surface area (Å²) >= 11 is -1.71. The molecule has 146 valence electrons. The normalized spacial score (nSPS) is 36.0. The molecule has 0 spiro atoms. The van der Waals surface area contributed by atoms with Crippen molar-refractivity contribution in [3.63, 3.8) is 0 Å². The molecule has 0 radical (unpaired) electrons. The topological polar surface area (TPSA) is 0 Å². The van der Waals surface area contributed by atoms with Crippen LogP contribution >= 0.6 is 0 Å². The van der Waals surface area contributed by atoms with Crippen LogP contribution in [0.5, 0.6) is 0 Å². The van der Waals surface area contributed by atoms with Crippen molar-refractivity contribution < 1.29 is 46.1 Å². The van der Waals surface area contributed by atoms with Crippen LogP contribution in [0.25, 0.3) is 0 Å². The summed E-state index contributed by atoms with van der Waals surface area (Å²) in [4.78, 5) is 0. The molecule has 0 aromatic rings. The van der Waals surface area contributed by atoms with Crippen LogP contribution in [0, 0.1) is 23.7 Å². The van der Waals surface area contributed by atoms with E-state index in [2.05, 4.69) is 45.7 Å². The van der Waals surface area contributed by atoms with E-state index >= 15 is 0 Å². The Bertz CT molecular complexity index is 676. The standard InChI is InChI=1S/C13H17.C6H10.C5H5.2ClH.Zr/c1-3-7-12-10(5-1)9-11-6-2-4-8-13(11)12;1-2-4-6-5-3-1;1-2-4-5-3-1;;;/h1,3,5,7,9-13H,2,4,6,8H2;1-5H2;1-3H,4H2;2*1H;/q;;;;;+2/p-2. The van der Waals surface area contributed by atoms with Gasteiger partial charge in [-0.2, -0.15) is 0 Å². The van der Waals surface area contributed by atoms with Crippen molar-refractivity contribution in [1.29, 1.82) is 0 Å². The quantitative estimate of drug-likeness (QED) is 0.540. The number of hydrogen-bond donors (Lipinski definition) is 0. The molecular weight excluding hydrogens is 450 g/mol. The van der Waals surface area contributed by atoms with E-state index in [0.717, 1.165) is 27.3 Å². The molecule has 5 rings (SSSR count). The number of hydrogen-bond acceptors (Lipinski definition) is 0. The van der Waals surface area contributed by atoms with Gasteiger partial charge in [-0.25, -0.2) is 0 Å². The smallest absolute Gasteiger partial charge is 1.00 e. The Morgan fingerprint density at radius 1 is 0.741 bits per heavy atom. The molecule has 0 bridgehead atoms. The van der Waals surface area contributed by atoms with Crippen molar-refractivity contribution in [1.82, 2.24) is 0 Å². The van der Waals surface area contributed by atoms with E-state index in [1.807, 2.05) is 3.28 Å². The molecular formula is C24H32Cl2Zr. The third-order valence-electron chi connectivity index (χ3n) is 7.76. The van der Waals surface area contributed by atoms with Gasteiger partial charge in [-0.05, 0) is 0 Å². The Kier molecular flexibility index (Phi) is 8.03. The van der Waals surface area contributed by atoms with E-state index in [-0.39, 0.29) is 24.8 Å². The molecule has 0 amide bonds. The fourth-order valence-electron chi connectivity index (χ4n) is 6.80. The Hall–Kier alpha value is 0.293. The summed E-state index contributed by atoms with van der Waals surface area (Å²) in [6.45, 7) is 0. The second-order valence-electron chi connectivity index (χ2n) is 8.96. The predicted molar refractivity (Wildman–Crippen MR) is 104 cm³/mol. The molecule has 5 aliphatic rings. The molecule has 0 nitrogen and oxygen atoms in total. The summed E-state index contributed by atoms with van der Waals surface area (Å²) in [5.41, 5.74) is 0. The first-order valence-electron chi connectivity index (χ1n) is 10.9. The number of rotatable bonds is 2. The van der Waals surface area contributed by atoms with E-state index in [0.29, 0.717) is 0 Å². The summed E-state index contributed by atoms with van der Waals surface area (Å²) in [6, 6.07) is 0. The Labute approximate surface area is 185 Å². The third-order valence-corrected chi connectivity index (χ3v) is 17.1. The summed E-state index contributed by atoms with van der Waals surface area (Å²) in [5.74, 6) is 3.85. The van der Waals surface area contributed by atoms with E-state index in [1.54, 1.807) is 6.42 Å². The molecule has 0 saturated heterocycles. The van der Waals surface area contributed by atoms with Gasteiger partial charge in [0.05, 0.1) is 0 Å². The molecule has 27 heavy (non-hydrogen) atoms. The van der Waals surface area contributed by atoms with Gasteiger partial charge in [0.1, 0.15) is 0 Å². The van der Waals surface area contributed by atoms with Gasteiger partial charge >= 0.3 is 162 Å². The van der Waals surface area contributed by atoms with Crippen LogP contribution in [-0.4, -0.2) is 3.21 Å². The number of halogens is 2. The van der Waals surface area contributed by atoms with E-state index in [1.165, 1.54) is 57.8 Å². The van der Waals surface area contributed by atoms with Crippen molar-refractivity contribution in [2.24, 2.45) is 23.7 Å². The van der Waals surface area contributed by atoms with Crippen LogP contribution < -0.4 is 24.8 Å². The Balaban J connectivity index is 0.00000105. The Morgan fingerprint density at radius 2 is 1.44 bits per heavy atom. The van der Waals surface area contributed by atoms with Crippen LogP contribution in [0.4, 0.5) is 0 Å². The monoisotopic (exact) mass is 480 g/mol. The summed E-state index contributed by atoms with van der Waals surface area (Å²) in [5, 5.41) is 0. The zero-order chi connectivity index (χ0) is 16.6. The fourth-order valence-corrected chi connectivity index (χ4v) is 17.7. The molecule has 0 heterocycles. The summed E-state index contributed by atoms with van der Waals surface area (Å²) in [7, 11) is 0. The van der Waals surface area contributed by atoms with E-state index in [4.69, 9.17) is 0 Å². The molecule has 5 unspecified atom stereocenters. The Morgan fingerprint density at radius 3 is 2.15 bits per heavy atom. The van der Waals surface area contributed by atoms with E-state index in [9.17, 15) is 0 Å². The zero-order valence-corrected chi connectivity index (χ0v) is 20.2. The maximum atomic E-state index is 2.65. The van der Waals surface area contributed by atoms with Crippen LogP contribution in [-0.2, 0) is 21.3 Å². The molecule has 3 fully saturated rings. The summed E-state index contributed by atoms with van der Waals surface area (Å²) < 4.78 is 5.16. The van der Waals surface area contributed by atoms with Crippen molar-refractivity contribution in [2.45, 2.75) is 67.8 Å². The first-order valence-corrected chi connectivity index (χ1v) is 14.7. The fraction of sp³-hybridized carbons (Fsp3) is 0.625. The van der Waals surface area contributed by atoms with Gasteiger partial charge < -0.3 is 24.8 Å². The maximum absolute atomic E-state index is 2.65. The van der Waals surface area contributed by atoms with Crippen molar-refractivity contribution in [2.75, 3.05) is 0 Å². The van der Waals surface area contributed by atoms with Crippen LogP contribution in [0.1, 0.15) is 64.2 Å². The van der Waals surface area contributed by atoms with Gasteiger partial charge in [0.25, 0.3) is 0 Å². The molecule has 0 aliphatic heterocycles. The molecule has 5 atom stereocenters. The number of fused-ring (bicyclic) bond motifs is 3. The van der Waals surface area contributed by atoms with Crippen molar-refractivity contribution >= 4 is 3.21 Å². The van der Waals surface area contributed by atoms with Crippen molar-refractivity contribution in [3.05, 3.63) is 45.8 Å². The minimum absolute atomic E-state index is 0. The van der Waals surface area contributed by atoms with Gasteiger partial charge in [-0.15, -0.1) is 0 Å². The van der Waals surface area contributed by atoms with Crippen LogP contribution in [0.3, 0.4) is 0 Å². The third kappa shape index (κ3) is 4.13. The van der Waals surface area contributed by atoms with Gasteiger partial charge in [0.2, 0.25) is 0 Å². The second-order valence-corrected chi connectivity index (χ2v) is 16.0. The molecule has 0 N–H and O–H groups in total. The second kappa shape index (κ2) is 9.86. The maximum Gasteiger partial charge on any atom is -1.00 e. The minimum Gasteiger partial charge on any atom is -1.00 e.